The highest BCUT2D eigenvalue weighted by molar-refractivity contribution is 6.32. The number of aromatic amines is 1. The van der Waals surface area contributed by atoms with Crippen LogP contribution in [0, 0.1) is 0 Å². The van der Waals surface area contributed by atoms with E-state index in [1.54, 1.807) is 30.3 Å². The molecule has 0 fully saturated rings. The number of aromatic hydroxyl groups is 1. The number of imidazole rings is 1. The number of H-pyrrole nitrogens is 1. The Morgan fingerprint density at radius 1 is 1.14 bits per heavy atom. The number of halogens is 1. The molecule has 0 bridgehead atoms. The lowest BCUT2D eigenvalue weighted by Gasteiger charge is -2.00. The lowest BCUT2D eigenvalue weighted by molar-refractivity contribution is 0.0955. The third-order valence-corrected chi connectivity index (χ3v) is 4.66. The molecule has 0 saturated heterocycles. The summed E-state index contributed by atoms with van der Waals surface area (Å²) in [6.45, 7) is 0. The molecular weight excluding hydrogens is 388 g/mol. The standard InChI is InChI=1S/C22H17ClN4O2/c23-17-10-15(6-9-20(17)28)13-24-27-22(29)16-7-8-18-19(12-16)26-21(25-18)11-14-4-2-1-3-5-14/h1-10,12-13,28H,11H2,(H,25,26)(H,27,29)/b24-13-. The SMILES string of the molecule is O=C(N/N=C\c1ccc(O)c(Cl)c1)c1ccc2nc(Cc3ccccc3)[nH]c2c1. The molecule has 4 rings (SSSR count). The lowest BCUT2D eigenvalue weighted by atomic mass is 10.1. The number of phenols is 1. The Balaban J connectivity index is 1.46. The zero-order chi connectivity index (χ0) is 20.2. The molecule has 0 atom stereocenters. The van der Waals surface area contributed by atoms with Gasteiger partial charge in [-0.3, -0.25) is 4.79 Å². The van der Waals surface area contributed by atoms with Crippen molar-refractivity contribution in [2.24, 2.45) is 5.10 Å². The van der Waals surface area contributed by atoms with Crippen LogP contribution < -0.4 is 5.43 Å². The Labute approximate surface area is 171 Å². The number of phenolic OH excluding ortho intramolecular Hbond substituents is 1. The van der Waals surface area contributed by atoms with Gasteiger partial charge < -0.3 is 10.1 Å². The number of carbonyl (C=O) groups excluding carboxylic acids is 1. The van der Waals surface area contributed by atoms with Gasteiger partial charge in [0.05, 0.1) is 22.3 Å². The molecule has 0 spiro atoms. The van der Waals surface area contributed by atoms with Crippen molar-refractivity contribution in [2.75, 3.05) is 0 Å². The Hall–Kier alpha value is -3.64. The largest absolute Gasteiger partial charge is 0.506 e. The average molecular weight is 405 g/mol. The summed E-state index contributed by atoms with van der Waals surface area (Å²) < 4.78 is 0. The normalized spacial score (nSPS) is 11.2. The fourth-order valence-electron chi connectivity index (χ4n) is 2.91. The quantitative estimate of drug-likeness (QED) is 0.342. The molecule has 7 heteroatoms. The van der Waals surface area contributed by atoms with Gasteiger partial charge in [-0.1, -0.05) is 41.9 Å². The number of aromatic nitrogens is 2. The highest BCUT2D eigenvalue weighted by atomic mass is 35.5. The number of carbonyl (C=O) groups is 1. The highest BCUT2D eigenvalue weighted by Gasteiger charge is 2.09. The summed E-state index contributed by atoms with van der Waals surface area (Å²) in [6.07, 6.45) is 2.15. The number of hydrazone groups is 1. The van der Waals surface area contributed by atoms with Gasteiger partial charge in [0.25, 0.3) is 5.91 Å². The number of nitrogens with one attached hydrogen (secondary N) is 2. The van der Waals surface area contributed by atoms with Gasteiger partial charge in [0, 0.05) is 12.0 Å². The Morgan fingerprint density at radius 2 is 1.97 bits per heavy atom. The number of nitrogens with zero attached hydrogens (tertiary/aromatic N) is 2. The summed E-state index contributed by atoms with van der Waals surface area (Å²) in [6, 6.07) is 20.0. The number of amides is 1. The molecule has 0 aliphatic rings. The van der Waals surface area contributed by atoms with Crippen molar-refractivity contribution in [3.05, 3.63) is 94.3 Å². The third-order valence-electron chi connectivity index (χ3n) is 4.36. The summed E-state index contributed by atoms with van der Waals surface area (Å²) in [5, 5.41) is 13.6. The van der Waals surface area contributed by atoms with Crippen LogP contribution in [0.15, 0.2) is 71.8 Å². The molecular formula is C22H17ClN4O2. The maximum absolute atomic E-state index is 12.4. The minimum Gasteiger partial charge on any atom is -0.506 e. The molecule has 6 nitrogen and oxygen atoms in total. The van der Waals surface area contributed by atoms with E-state index in [-0.39, 0.29) is 16.7 Å². The Morgan fingerprint density at radius 3 is 2.76 bits per heavy atom. The number of hydrogen-bond donors (Lipinski definition) is 3. The smallest absolute Gasteiger partial charge is 0.271 e. The van der Waals surface area contributed by atoms with Crippen LogP contribution in [0.3, 0.4) is 0 Å². The van der Waals surface area contributed by atoms with Crippen molar-refractivity contribution in [3.63, 3.8) is 0 Å². The topological polar surface area (TPSA) is 90.4 Å². The first-order valence-corrected chi connectivity index (χ1v) is 9.31. The molecule has 3 N–H and O–H groups in total. The predicted octanol–water partition coefficient (Wildman–Crippen LogP) is 4.28. The van der Waals surface area contributed by atoms with Crippen LogP contribution in [0.25, 0.3) is 11.0 Å². The second kappa shape index (κ2) is 8.16. The van der Waals surface area contributed by atoms with E-state index in [2.05, 4.69) is 20.5 Å². The van der Waals surface area contributed by atoms with Crippen LogP contribution in [0.5, 0.6) is 5.75 Å². The molecule has 3 aromatic carbocycles. The van der Waals surface area contributed by atoms with E-state index in [0.29, 0.717) is 17.5 Å². The van der Waals surface area contributed by atoms with Crippen LogP contribution in [-0.4, -0.2) is 27.2 Å². The second-order valence-corrected chi connectivity index (χ2v) is 6.89. The fourth-order valence-corrected chi connectivity index (χ4v) is 3.10. The van der Waals surface area contributed by atoms with Crippen molar-refractivity contribution in [1.29, 1.82) is 0 Å². The molecule has 1 aromatic heterocycles. The number of fused-ring (bicyclic) bond motifs is 1. The molecule has 0 saturated carbocycles. The van der Waals surface area contributed by atoms with Gasteiger partial charge >= 0.3 is 0 Å². The Bertz CT molecular complexity index is 1200. The van der Waals surface area contributed by atoms with Gasteiger partial charge in [-0.15, -0.1) is 0 Å². The molecule has 0 radical (unpaired) electrons. The number of rotatable bonds is 5. The molecule has 0 aliphatic heterocycles. The van der Waals surface area contributed by atoms with Gasteiger partial charge in [-0.25, -0.2) is 10.4 Å². The summed E-state index contributed by atoms with van der Waals surface area (Å²) in [5.41, 5.74) is 6.36. The monoisotopic (exact) mass is 404 g/mol. The zero-order valence-corrected chi connectivity index (χ0v) is 16.0. The van der Waals surface area contributed by atoms with E-state index in [1.807, 2.05) is 30.3 Å². The van der Waals surface area contributed by atoms with Gasteiger partial charge in [-0.05, 0) is 47.5 Å². The first kappa shape index (κ1) is 18.7. The first-order valence-electron chi connectivity index (χ1n) is 8.93. The van der Waals surface area contributed by atoms with Gasteiger partial charge in [0.1, 0.15) is 11.6 Å². The van der Waals surface area contributed by atoms with E-state index in [4.69, 9.17) is 11.6 Å². The van der Waals surface area contributed by atoms with E-state index in [0.717, 1.165) is 22.4 Å². The van der Waals surface area contributed by atoms with Crippen LogP contribution in [0.4, 0.5) is 0 Å². The predicted molar refractivity (Wildman–Crippen MR) is 114 cm³/mol. The third kappa shape index (κ3) is 4.44. The summed E-state index contributed by atoms with van der Waals surface area (Å²) in [4.78, 5) is 20.2. The molecule has 0 aliphatic carbocycles. The summed E-state index contributed by atoms with van der Waals surface area (Å²) >= 11 is 5.85. The van der Waals surface area contributed by atoms with E-state index in [1.165, 1.54) is 12.3 Å². The van der Waals surface area contributed by atoms with Crippen molar-refractivity contribution < 1.29 is 9.90 Å². The van der Waals surface area contributed by atoms with E-state index >= 15 is 0 Å². The zero-order valence-electron chi connectivity index (χ0n) is 15.3. The summed E-state index contributed by atoms with van der Waals surface area (Å²) in [5.74, 6) is 0.491. The second-order valence-electron chi connectivity index (χ2n) is 6.49. The van der Waals surface area contributed by atoms with E-state index in [9.17, 15) is 9.90 Å². The van der Waals surface area contributed by atoms with Gasteiger partial charge in [0.2, 0.25) is 0 Å². The minimum absolute atomic E-state index is 0.00709. The molecule has 1 heterocycles. The van der Waals surface area contributed by atoms with Crippen LogP contribution in [0.1, 0.15) is 27.3 Å². The molecule has 144 valence electrons. The van der Waals surface area contributed by atoms with E-state index < -0.39 is 0 Å². The molecule has 29 heavy (non-hydrogen) atoms. The first-order chi connectivity index (χ1) is 14.1. The van der Waals surface area contributed by atoms with Crippen LogP contribution in [-0.2, 0) is 6.42 Å². The van der Waals surface area contributed by atoms with Gasteiger partial charge in [0.15, 0.2) is 0 Å². The molecule has 1 amide bonds. The summed E-state index contributed by atoms with van der Waals surface area (Å²) in [7, 11) is 0. The highest BCUT2D eigenvalue weighted by Crippen LogP contribution is 2.22. The van der Waals surface area contributed by atoms with Gasteiger partial charge in [-0.2, -0.15) is 5.10 Å². The molecule has 0 unspecified atom stereocenters. The molecule has 4 aromatic rings. The maximum atomic E-state index is 12.4. The van der Waals surface area contributed by atoms with Crippen molar-refractivity contribution >= 4 is 34.8 Å². The number of hydrogen-bond acceptors (Lipinski definition) is 4. The Kier molecular flexibility index (Phi) is 5.27. The van der Waals surface area contributed by atoms with Crippen molar-refractivity contribution in [2.45, 2.75) is 6.42 Å². The van der Waals surface area contributed by atoms with Crippen LogP contribution >= 0.6 is 11.6 Å². The minimum atomic E-state index is -0.341. The fraction of sp³-hybridized carbons (Fsp3) is 0.0455. The van der Waals surface area contributed by atoms with Crippen molar-refractivity contribution in [1.82, 2.24) is 15.4 Å². The lowest BCUT2D eigenvalue weighted by Crippen LogP contribution is -2.17. The van der Waals surface area contributed by atoms with Crippen molar-refractivity contribution in [3.8, 4) is 5.75 Å². The number of benzene rings is 3. The average Bonchev–Trinajstić information content (AvgIpc) is 3.12. The van der Waals surface area contributed by atoms with Crippen LogP contribution in [0.2, 0.25) is 5.02 Å². The maximum Gasteiger partial charge on any atom is 0.271 e.